The molecule has 2 aliphatic rings. The number of amides is 1. The first kappa shape index (κ1) is 22.9. The van der Waals surface area contributed by atoms with Crippen LogP contribution in [0.2, 0.25) is 4.34 Å². The van der Waals surface area contributed by atoms with Crippen molar-refractivity contribution in [2.75, 3.05) is 39.3 Å². The second kappa shape index (κ2) is 10.4. The average molecular weight is 470 g/mol. The van der Waals surface area contributed by atoms with Crippen LogP contribution < -0.4 is 5.32 Å². The van der Waals surface area contributed by atoms with Gasteiger partial charge in [0, 0.05) is 50.7 Å². The van der Waals surface area contributed by atoms with Gasteiger partial charge in [-0.15, -0.1) is 47.5 Å². The standard InChI is InChI=1S/C17H21ClN4OS2.2ClH/c18-15-2-1-14(25-15)17-20-12(11-24-17)9-16(23)22-6-3-13(10-22)21-7-4-19-5-8-21;;/h1-2,11,13,19H,3-10H2;2*1H. The number of hydrogen-bond donors (Lipinski definition) is 1. The topological polar surface area (TPSA) is 48.5 Å². The lowest BCUT2D eigenvalue weighted by atomic mass is 10.2. The molecular formula is C17H23Cl3N4OS2. The molecule has 0 saturated carbocycles. The van der Waals surface area contributed by atoms with Gasteiger partial charge in [0.15, 0.2) is 0 Å². The SMILES string of the molecule is Cl.Cl.O=C(Cc1csc(-c2ccc(Cl)s2)n1)N1CCC(N2CCNCC2)C1. The van der Waals surface area contributed by atoms with Gasteiger partial charge in [-0.1, -0.05) is 11.6 Å². The average Bonchev–Trinajstić information content (AvgIpc) is 3.35. The van der Waals surface area contributed by atoms with E-state index in [2.05, 4.69) is 15.2 Å². The first-order chi connectivity index (χ1) is 12.2. The van der Waals surface area contributed by atoms with E-state index in [1.165, 1.54) is 11.3 Å². The molecular weight excluding hydrogens is 447 g/mol. The number of aromatic nitrogens is 1. The summed E-state index contributed by atoms with van der Waals surface area (Å²) in [7, 11) is 0. The largest absolute Gasteiger partial charge is 0.341 e. The maximum Gasteiger partial charge on any atom is 0.228 e. The van der Waals surface area contributed by atoms with Gasteiger partial charge in [-0.3, -0.25) is 9.69 Å². The van der Waals surface area contributed by atoms with Gasteiger partial charge in [-0.25, -0.2) is 4.98 Å². The van der Waals surface area contributed by atoms with Crippen molar-refractivity contribution < 1.29 is 4.79 Å². The molecule has 4 rings (SSSR count). The minimum absolute atomic E-state index is 0. The predicted molar refractivity (Wildman–Crippen MR) is 118 cm³/mol. The van der Waals surface area contributed by atoms with Gasteiger partial charge in [-0.2, -0.15) is 0 Å². The third-order valence-corrected chi connectivity index (χ3v) is 7.14. The van der Waals surface area contributed by atoms with Gasteiger partial charge in [0.1, 0.15) is 5.01 Å². The molecule has 0 radical (unpaired) electrons. The fourth-order valence-corrected chi connectivity index (χ4v) is 5.45. The number of carbonyl (C=O) groups excluding carboxylic acids is 1. The first-order valence-corrected chi connectivity index (χ1v) is 10.7. The summed E-state index contributed by atoms with van der Waals surface area (Å²) in [5, 5.41) is 6.32. The first-order valence-electron chi connectivity index (χ1n) is 8.62. The van der Waals surface area contributed by atoms with Gasteiger partial charge < -0.3 is 10.2 Å². The van der Waals surface area contributed by atoms with E-state index in [4.69, 9.17) is 11.6 Å². The van der Waals surface area contributed by atoms with E-state index in [-0.39, 0.29) is 30.7 Å². The van der Waals surface area contributed by atoms with Crippen LogP contribution in [0.1, 0.15) is 12.1 Å². The maximum atomic E-state index is 12.6. The van der Waals surface area contributed by atoms with Crippen molar-refractivity contribution in [1.82, 2.24) is 20.1 Å². The number of nitrogens with one attached hydrogen (secondary N) is 1. The van der Waals surface area contributed by atoms with Crippen molar-refractivity contribution in [1.29, 1.82) is 0 Å². The molecule has 0 spiro atoms. The summed E-state index contributed by atoms with van der Waals surface area (Å²) >= 11 is 9.09. The summed E-state index contributed by atoms with van der Waals surface area (Å²) in [5.41, 5.74) is 0.861. The lowest BCUT2D eigenvalue weighted by Gasteiger charge is -2.32. The number of halogens is 3. The number of likely N-dealkylation sites (tertiary alicyclic amines) is 1. The van der Waals surface area contributed by atoms with E-state index < -0.39 is 0 Å². The Morgan fingerprint density at radius 2 is 2.04 bits per heavy atom. The minimum atomic E-state index is 0. The van der Waals surface area contributed by atoms with E-state index in [0.717, 1.165) is 65.6 Å². The lowest BCUT2D eigenvalue weighted by molar-refractivity contribution is -0.129. The fourth-order valence-electron chi connectivity index (χ4n) is 3.51. The Labute approximate surface area is 184 Å². The summed E-state index contributed by atoms with van der Waals surface area (Å²) in [6.07, 6.45) is 1.48. The van der Waals surface area contributed by atoms with Crippen LogP contribution in [-0.4, -0.2) is 66.0 Å². The highest BCUT2D eigenvalue weighted by Crippen LogP contribution is 2.33. The Balaban J connectivity index is 0.00000131. The molecule has 4 heterocycles. The molecule has 0 aromatic carbocycles. The highest BCUT2D eigenvalue weighted by Gasteiger charge is 2.31. The maximum absolute atomic E-state index is 12.6. The van der Waals surface area contributed by atoms with E-state index in [0.29, 0.717) is 12.5 Å². The molecule has 2 aromatic heterocycles. The van der Waals surface area contributed by atoms with Crippen LogP contribution in [0.3, 0.4) is 0 Å². The van der Waals surface area contributed by atoms with Crippen molar-refractivity contribution in [3.63, 3.8) is 0 Å². The molecule has 5 nitrogen and oxygen atoms in total. The molecule has 2 aromatic rings. The minimum Gasteiger partial charge on any atom is -0.341 e. The summed E-state index contributed by atoms with van der Waals surface area (Å²) < 4.78 is 0.763. The molecule has 150 valence electrons. The number of nitrogens with zero attached hydrogens (tertiary/aromatic N) is 3. The highest BCUT2D eigenvalue weighted by atomic mass is 35.5. The van der Waals surface area contributed by atoms with Crippen LogP contribution in [0, 0.1) is 0 Å². The second-order valence-electron chi connectivity index (χ2n) is 6.49. The Bertz CT molecular complexity index is 748. The van der Waals surface area contributed by atoms with E-state index in [1.54, 1.807) is 11.3 Å². The number of thiophene rings is 1. The Kier molecular flexibility index (Phi) is 8.80. The van der Waals surface area contributed by atoms with Crippen LogP contribution in [0.25, 0.3) is 9.88 Å². The number of carbonyl (C=O) groups is 1. The fraction of sp³-hybridized carbons (Fsp3) is 0.529. The van der Waals surface area contributed by atoms with Gasteiger partial charge in [0.25, 0.3) is 0 Å². The highest BCUT2D eigenvalue weighted by molar-refractivity contribution is 7.23. The zero-order valence-corrected chi connectivity index (χ0v) is 18.7. The van der Waals surface area contributed by atoms with E-state index in [9.17, 15) is 4.79 Å². The number of thiazole rings is 1. The normalized spacial score (nSPS) is 20.2. The van der Waals surface area contributed by atoms with Gasteiger partial charge in [0.2, 0.25) is 5.91 Å². The summed E-state index contributed by atoms with van der Waals surface area (Å²) in [6, 6.07) is 4.38. The summed E-state index contributed by atoms with van der Waals surface area (Å²) in [5.74, 6) is 0.193. The van der Waals surface area contributed by atoms with Crippen molar-refractivity contribution in [2.45, 2.75) is 18.9 Å². The summed E-state index contributed by atoms with van der Waals surface area (Å²) in [6.45, 7) is 6.01. The van der Waals surface area contributed by atoms with Crippen LogP contribution in [0.5, 0.6) is 0 Å². The number of hydrogen-bond acceptors (Lipinski definition) is 6. The quantitative estimate of drug-likeness (QED) is 0.745. The smallest absolute Gasteiger partial charge is 0.228 e. The molecule has 0 aliphatic carbocycles. The van der Waals surface area contributed by atoms with E-state index >= 15 is 0 Å². The zero-order valence-electron chi connectivity index (χ0n) is 14.7. The van der Waals surface area contributed by atoms with Crippen LogP contribution in [-0.2, 0) is 11.2 Å². The van der Waals surface area contributed by atoms with Gasteiger partial charge >= 0.3 is 0 Å². The monoisotopic (exact) mass is 468 g/mol. The molecule has 2 saturated heterocycles. The Hall–Kier alpha value is -0.410. The third-order valence-electron chi connectivity index (χ3n) is 4.85. The van der Waals surface area contributed by atoms with Crippen molar-refractivity contribution in [3.8, 4) is 9.88 Å². The zero-order chi connectivity index (χ0) is 17.2. The number of piperazine rings is 1. The van der Waals surface area contributed by atoms with Crippen molar-refractivity contribution in [2.24, 2.45) is 0 Å². The van der Waals surface area contributed by atoms with Crippen molar-refractivity contribution in [3.05, 3.63) is 27.5 Å². The molecule has 2 aliphatic heterocycles. The molecule has 1 N–H and O–H groups in total. The van der Waals surface area contributed by atoms with Crippen LogP contribution in [0.15, 0.2) is 17.5 Å². The second-order valence-corrected chi connectivity index (χ2v) is 9.07. The number of rotatable bonds is 4. The molecule has 10 heteroatoms. The van der Waals surface area contributed by atoms with E-state index in [1.807, 2.05) is 22.4 Å². The van der Waals surface area contributed by atoms with Gasteiger partial charge in [-0.05, 0) is 18.6 Å². The molecule has 1 unspecified atom stereocenters. The molecule has 27 heavy (non-hydrogen) atoms. The van der Waals surface area contributed by atoms with Crippen molar-refractivity contribution >= 4 is 65.0 Å². The molecule has 0 bridgehead atoms. The predicted octanol–water partition coefficient (Wildman–Crippen LogP) is 3.42. The molecule has 1 amide bonds. The third kappa shape index (κ3) is 5.56. The van der Waals surface area contributed by atoms with Gasteiger partial charge in [0.05, 0.1) is 21.3 Å². The Morgan fingerprint density at radius 3 is 2.74 bits per heavy atom. The Morgan fingerprint density at radius 1 is 1.26 bits per heavy atom. The van der Waals surface area contributed by atoms with Crippen LogP contribution >= 0.6 is 59.1 Å². The molecule has 1 atom stereocenters. The lowest BCUT2D eigenvalue weighted by Crippen LogP contribution is -2.49. The molecule has 2 fully saturated rings. The van der Waals surface area contributed by atoms with Crippen LogP contribution in [0.4, 0.5) is 0 Å². The summed E-state index contributed by atoms with van der Waals surface area (Å²) in [4.78, 5) is 22.8.